The van der Waals surface area contributed by atoms with Crippen LogP contribution in [0.4, 0.5) is 0 Å². The Bertz CT molecular complexity index is 91.3. The lowest BCUT2D eigenvalue weighted by Gasteiger charge is -2.28. The first kappa shape index (κ1) is 8.02. The molecular formula is C8H18N2. The van der Waals surface area contributed by atoms with Crippen LogP contribution in [0.3, 0.4) is 0 Å². The van der Waals surface area contributed by atoms with Crippen molar-refractivity contribution in [2.24, 2.45) is 5.92 Å². The fraction of sp³-hybridized carbons (Fsp3) is 1.00. The van der Waals surface area contributed by atoms with Gasteiger partial charge in [-0.15, -0.1) is 0 Å². The van der Waals surface area contributed by atoms with Crippen molar-refractivity contribution in [1.29, 1.82) is 0 Å². The van der Waals surface area contributed by atoms with Crippen molar-refractivity contribution < 1.29 is 0 Å². The fourth-order valence-electron chi connectivity index (χ4n) is 1.72. The van der Waals surface area contributed by atoms with E-state index in [1.54, 1.807) is 0 Å². The zero-order chi connectivity index (χ0) is 7.40. The van der Waals surface area contributed by atoms with E-state index >= 15 is 0 Å². The highest BCUT2D eigenvalue weighted by Crippen LogP contribution is 2.22. The average Bonchev–Trinajstić information content (AvgIpc) is 1.94. The molecule has 2 N–H and O–H groups in total. The van der Waals surface area contributed by atoms with Crippen molar-refractivity contribution >= 4 is 0 Å². The zero-order valence-electron chi connectivity index (χ0n) is 6.98. The summed E-state index contributed by atoms with van der Waals surface area (Å²) < 4.78 is 0. The van der Waals surface area contributed by atoms with Crippen LogP contribution in [0, 0.1) is 5.92 Å². The summed E-state index contributed by atoms with van der Waals surface area (Å²) in [6.07, 6.45) is 5.54. The summed E-state index contributed by atoms with van der Waals surface area (Å²) in [6.45, 7) is 2.33. The largest absolute Gasteiger partial charge is 0.261 e. The summed E-state index contributed by atoms with van der Waals surface area (Å²) in [5.74, 6) is 0.848. The molecule has 10 heavy (non-hydrogen) atoms. The molecule has 1 aliphatic carbocycles. The molecule has 1 saturated carbocycles. The standard InChI is InChI=1S/C8H18N2/c1-7-5-3-4-6-8(7)10-9-2/h7-10H,3-6H2,1-2H3. The Morgan fingerprint density at radius 2 is 1.90 bits per heavy atom. The predicted molar refractivity (Wildman–Crippen MR) is 43.6 cm³/mol. The molecular weight excluding hydrogens is 124 g/mol. The van der Waals surface area contributed by atoms with E-state index in [-0.39, 0.29) is 0 Å². The molecule has 0 saturated heterocycles. The molecule has 0 radical (unpaired) electrons. The second-order valence-corrected chi connectivity index (χ2v) is 3.26. The number of hydrogen-bond donors (Lipinski definition) is 2. The Labute approximate surface area is 63.4 Å². The molecule has 0 bridgehead atoms. The third-order valence-electron chi connectivity index (χ3n) is 2.44. The predicted octanol–water partition coefficient (Wildman–Crippen LogP) is 1.29. The molecule has 2 heteroatoms. The molecule has 0 aliphatic heterocycles. The monoisotopic (exact) mass is 142 g/mol. The minimum absolute atomic E-state index is 0.707. The minimum Gasteiger partial charge on any atom is -0.261 e. The van der Waals surface area contributed by atoms with Gasteiger partial charge in [-0.1, -0.05) is 19.8 Å². The van der Waals surface area contributed by atoms with Gasteiger partial charge in [0.2, 0.25) is 0 Å². The van der Waals surface area contributed by atoms with E-state index < -0.39 is 0 Å². The Kier molecular flexibility index (Phi) is 3.16. The first-order valence-electron chi connectivity index (χ1n) is 4.27. The molecule has 0 aromatic rings. The highest BCUT2D eigenvalue weighted by molar-refractivity contribution is 4.75. The maximum atomic E-state index is 3.28. The van der Waals surface area contributed by atoms with Crippen LogP contribution in [0.2, 0.25) is 0 Å². The van der Waals surface area contributed by atoms with E-state index in [0.717, 1.165) is 5.92 Å². The first-order valence-corrected chi connectivity index (χ1v) is 4.27. The highest BCUT2D eigenvalue weighted by atomic mass is 15.3. The molecule has 2 unspecified atom stereocenters. The maximum Gasteiger partial charge on any atom is 0.0238 e. The molecule has 2 atom stereocenters. The van der Waals surface area contributed by atoms with Crippen molar-refractivity contribution in [3.05, 3.63) is 0 Å². The van der Waals surface area contributed by atoms with E-state index in [1.807, 2.05) is 7.05 Å². The van der Waals surface area contributed by atoms with Gasteiger partial charge in [0.05, 0.1) is 0 Å². The van der Waals surface area contributed by atoms with Crippen molar-refractivity contribution in [2.75, 3.05) is 7.05 Å². The molecule has 0 amide bonds. The van der Waals surface area contributed by atoms with Gasteiger partial charge in [0.15, 0.2) is 0 Å². The van der Waals surface area contributed by atoms with Gasteiger partial charge in [0, 0.05) is 6.04 Å². The third kappa shape index (κ3) is 1.96. The summed E-state index contributed by atoms with van der Waals surface area (Å²) in [7, 11) is 1.95. The van der Waals surface area contributed by atoms with E-state index in [9.17, 15) is 0 Å². The van der Waals surface area contributed by atoms with Crippen molar-refractivity contribution in [2.45, 2.75) is 38.6 Å². The quantitative estimate of drug-likeness (QED) is 0.568. The number of rotatable bonds is 2. The first-order chi connectivity index (χ1) is 4.84. The smallest absolute Gasteiger partial charge is 0.0238 e. The van der Waals surface area contributed by atoms with Crippen molar-refractivity contribution in [3.8, 4) is 0 Å². The van der Waals surface area contributed by atoms with Crippen LogP contribution in [-0.4, -0.2) is 13.1 Å². The lowest BCUT2D eigenvalue weighted by Crippen LogP contribution is -2.43. The van der Waals surface area contributed by atoms with Gasteiger partial charge >= 0.3 is 0 Å². The van der Waals surface area contributed by atoms with Gasteiger partial charge < -0.3 is 0 Å². The van der Waals surface area contributed by atoms with Crippen molar-refractivity contribution in [3.63, 3.8) is 0 Å². The van der Waals surface area contributed by atoms with E-state index in [0.29, 0.717) is 6.04 Å². The van der Waals surface area contributed by atoms with Gasteiger partial charge in [0.1, 0.15) is 0 Å². The van der Waals surface area contributed by atoms with Crippen LogP contribution in [0.5, 0.6) is 0 Å². The van der Waals surface area contributed by atoms with E-state index in [2.05, 4.69) is 17.8 Å². The maximum absolute atomic E-state index is 3.28. The molecule has 0 heterocycles. The summed E-state index contributed by atoms with van der Waals surface area (Å²) in [5, 5.41) is 0. The molecule has 1 rings (SSSR count). The topological polar surface area (TPSA) is 24.1 Å². The van der Waals surface area contributed by atoms with E-state index in [1.165, 1.54) is 25.7 Å². The molecule has 2 nitrogen and oxygen atoms in total. The van der Waals surface area contributed by atoms with Crippen LogP contribution < -0.4 is 10.9 Å². The second-order valence-electron chi connectivity index (χ2n) is 3.26. The van der Waals surface area contributed by atoms with Gasteiger partial charge in [-0.25, -0.2) is 0 Å². The van der Waals surface area contributed by atoms with Crippen LogP contribution in [0.15, 0.2) is 0 Å². The number of hydrogen-bond acceptors (Lipinski definition) is 2. The zero-order valence-corrected chi connectivity index (χ0v) is 6.98. The SMILES string of the molecule is CNNC1CCCCC1C. The van der Waals surface area contributed by atoms with Crippen LogP contribution in [0.25, 0.3) is 0 Å². The Balaban J connectivity index is 2.25. The molecule has 0 aromatic heterocycles. The van der Waals surface area contributed by atoms with Gasteiger partial charge in [-0.3, -0.25) is 10.9 Å². The molecule has 60 valence electrons. The molecule has 0 aromatic carbocycles. The Morgan fingerprint density at radius 3 is 2.50 bits per heavy atom. The van der Waals surface area contributed by atoms with E-state index in [4.69, 9.17) is 0 Å². The number of nitrogens with one attached hydrogen (secondary N) is 2. The molecule has 0 spiro atoms. The lowest BCUT2D eigenvalue weighted by atomic mass is 9.86. The van der Waals surface area contributed by atoms with Crippen LogP contribution >= 0.6 is 0 Å². The average molecular weight is 142 g/mol. The van der Waals surface area contributed by atoms with Gasteiger partial charge in [-0.2, -0.15) is 0 Å². The minimum atomic E-state index is 0.707. The molecule has 1 fully saturated rings. The Hall–Kier alpha value is -0.0800. The van der Waals surface area contributed by atoms with Gasteiger partial charge in [-0.05, 0) is 25.8 Å². The second kappa shape index (κ2) is 3.94. The summed E-state index contributed by atoms with van der Waals surface area (Å²) in [5.41, 5.74) is 6.30. The summed E-state index contributed by atoms with van der Waals surface area (Å²) >= 11 is 0. The van der Waals surface area contributed by atoms with Crippen LogP contribution in [0.1, 0.15) is 32.6 Å². The lowest BCUT2D eigenvalue weighted by molar-refractivity contribution is 0.263. The molecule has 1 aliphatic rings. The number of hydrazine groups is 1. The highest BCUT2D eigenvalue weighted by Gasteiger charge is 2.19. The van der Waals surface area contributed by atoms with Crippen molar-refractivity contribution in [1.82, 2.24) is 10.9 Å². The van der Waals surface area contributed by atoms with Gasteiger partial charge in [0.25, 0.3) is 0 Å². The normalized spacial score (nSPS) is 34.2. The summed E-state index contributed by atoms with van der Waals surface area (Å²) in [6, 6.07) is 0.707. The summed E-state index contributed by atoms with van der Waals surface area (Å²) in [4.78, 5) is 0. The Morgan fingerprint density at radius 1 is 1.20 bits per heavy atom. The van der Waals surface area contributed by atoms with Crippen LogP contribution in [-0.2, 0) is 0 Å². The fourth-order valence-corrected chi connectivity index (χ4v) is 1.72. The third-order valence-corrected chi connectivity index (χ3v) is 2.44.